The second kappa shape index (κ2) is 6.92. The van der Waals surface area contributed by atoms with Crippen LogP contribution < -0.4 is 10.2 Å². The molecule has 3 nitrogen and oxygen atoms in total. The maximum atomic E-state index is 3.53. The topological polar surface area (TPSA) is 18.5 Å². The van der Waals surface area contributed by atoms with Crippen molar-refractivity contribution in [1.82, 2.24) is 10.2 Å². The summed E-state index contributed by atoms with van der Waals surface area (Å²) in [5, 5.41) is 3.53. The van der Waals surface area contributed by atoms with Gasteiger partial charge in [-0.25, -0.2) is 0 Å². The molecule has 1 aliphatic rings. The van der Waals surface area contributed by atoms with E-state index >= 15 is 0 Å². The maximum absolute atomic E-state index is 3.53. The molecule has 0 spiro atoms. The quantitative estimate of drug-likeness (QED) is 0.897. The number of para-hydroxylation sites is 1. The highest BCUT2D eigenvalue weighted by Gasteiger charge is 2.15. The average Bonchev–Trinajstić information content (AvgIpc) is 2.61. The minimum atomic E-state index is 0.531. The number of nitrogens with zero attached hydrogens (tertiary/aromatic N) is 2. The molecule has 1 aromatic rings. The van der Waals surface area contributed by atoms with Crippen LogP contribution in [0.3, 0.4) is 0 Å². The van der Waals surface area contributed by atoms with Gasteiger partial charge in [-0.2, -0.15) is 0 Å². The van der Waals surface area contributed by atoms with Gasteiger partial charge in [-0.05, 0) is 31.6 Å². The van der Waals surface area contributed by atoms with E-state index in [1.54, 1.807) is 0 Å². The van der Waals surface area contributed by atoms with Crippen molar-refractivity contribution in [3.8, 4) is 0 Å². The highest BCUT2D eigenvalue weighted by molar-refractivity contribution is 5.53. The molecule has 0 amide bonds. The first-order valence-electron chi connectivity index (χ1n) is 7.41. The summed E-state index contributed by atoms with van der Waals surface area (Å²) in [7, 11) is 2.22. The predicted molar refractivity (Wildman–Crippen MR) is 82.7 cm³/mol. The van der Waals surface area contributed by atoms with Crippen molar-refractivity contribution in [2.75, 3.05) is 38.1 Å². The smallest absolute Gasteiger partial charge is 0.0412 e. The molecule has 1 heterocycles. The summed E-state index contributed by atoms with van der Waals surface area (Å²) < 4.78 is 0. The summed E-state index contributed by atoms with van der Waals surface area (Å²) in [6.07, 6.45) is 1.25. The molecule has 0 atom stereocenters. The van der Waals surface area contributed by atoms with Gasteiger partial charge < -0.3 is 15.1 Å². The fourth-order valence-corrected chi connectivity index (χ4v) is 2.57. The van der Waals surface area contributed by atoms with Gasteiger partial charge >= 0.3 is 0 Å². The van der Waals surface area contributed by atoms with Gasteiger partial charge in [0.05, 0.1) is 0 Å². The van der Waals surface area contributed by atoms with Crippen LogP contribution in [0.1, 0.15) is 25.8 Å². The van der Waals surface area contributed by atoms with Crippen LogP contribution in [0.25, 0.3) is 0 Å². The Kier molecular flexibility index (Phi) is 5.23. The van der Waals surface area contributed by atoms with Crippen molar-refractivity contribution >= 4 is 5.69 Å². The minimum absolute atomic E-state index is 0.531. The van der Waals surface area contributed by atoms with Crippen molar-refractivity contribution in [3.63, 3.8) is 0 Å². The van der Waals surface area contributed by atoms with Crippen LogP contribution in [-0.2, 0) is 6.54 Å². The van der Waals surface area contributed by atoms with Crippen LogP contribution in [0.5, 0.6) is 0 Å². The zero-order valence-corrected chi connectivity index (χ0v) is 12.5. The third-order valence-corrected chi connectivity index (χ3v) is 3.75. The number of hydrogen-bond donors (Lipinski definition) is 1. The van der Waals surface area contributed by atoms with Crippen LogP contribution in [-0.4, -0.2) is 44.2 Å². The fraction of sp³-hybridized carbons (Fsp3) is 0.625. The van der Waals surface area contributed by atoms with Crippen LogP contribution in [0.4, 0.5) is 5.69 Å². The number of nitrogens with one attached hydrogen (secondary N) is 1. The molecular formula is C16H27N3. The molecule has 0 saturated carbocycles. The molecule has 2 rings (SSSR count). The lowest BCUT2D eigenvalue weighted by Crippen LogP contribution is -2.30. The zero-order chi connectivity index (χ0) is 13.7. The van der Waals surface area contributed by atoms with Crippen molar-refractivity contribution in [1.29, 1.82) is 0 Å². The lowest BCUT2D eigenvalue weighted by Gasteiger charge is -2.26. The normalized spacial score (nSPS) is 17.8. The molecule has 1 fully saturated rings. The molecule has 3 heteroatoms. The SMILES string of the molecule is CC(C)NCc1ccccc1N1CCCN(C)CC1. The summed E-state index contributed by atoms with van der Waals surface area (Å²) in [4.78, 5) is 4.97. The Hall–Kier alpha value is -1.06. The average molecular weight is 261 g/mol. The lowest BCUT2D eigenvalue weighted by molar-refractivity contribution is 0.360. The Labute approximate surface area is 117 Å². The zero-order valence-electron chi connectivity index (χ0n) is 12.5. The molecule has 0 aliphatic carbocycles. The van der Waals surface area contributed by atoms with Gasteiger partial charge in [-0.3, -0.25) is 0 Å². The van der Waals surface area contributed by atoms with E-state index in [4.69, 9.17) is 0 Å². The van der Waals surface area contributed by atoms with Gasteiger partial charge in [0.15, 0.2) is 0 Å². The van der Waals surface area contributed by atoms with Crippen LogP contribution in [0, 0.1) is 0 Å². The number of hydrogen-bond acceptors (Lipinski definition) is 3. The number of benzene rings is 1. The molecule has 19 heavy (non-hydrogen) atoms. The van der Waals surface area contributed by atoms with E-state index in [0.717, 1.165) is 19.6 Å². The standard InChI is InChI=1S/C16H27N3/c1-14(2)17-13-15-7-4-5-8-16(15)19-10-6-9-18(3)11-12-19/h4-5,7-8,14,17H,6,9-13H2,1-3H3. The molecular weight excluding hydrogens is 234 g/mol. The molecule has 1 N–H and O–H groups in total. The highest BCUT2D eigenvalue weighted by Crippen LogP contribution is 2.21. The molecule has 106 valence electrons. The second-order valence-corrected chi connectivity index (χ2v) is 5.81. The maximum Gasteiger partial charge on any atom is 0.0412 e. The lowest BCUT2D eigenvalue weighted by atomic mass is 10.1. The van der Waals surface area contributed by atoms with Gasteiger partial charge in [0.2, 0.25) is 0 Å². The molecule has 1 aromatic carbocycles. The highest BCUT2D eigenvalue weighted by atomic mass is 15.2. The molecule has 1 aliphatic heterocycles. The summed E-state index contributed by atoms with van der Waals surface area (Å²) in [6, 6.07) is 9.35. The third-order valence-electron chi connectivity index (χ3n) is 3.75. The van der Waals surface area contributed by atoms with E-state index in [2.05, 4.69) is 60.3 Å². The van der Waals surface area contributed by atoms with Crippen molar-refractivity contribution in [3.05, 3.63) is 29.8 Å². The van der Waals surface area contributed by atoms with E-state index in [9.17, 15) is 0 Å². The first-order chi connectivity index (χ1) is 9.16. The monoisotopic (exact) mass is 261 g/mol. The Bertz CT molecular complexity index is 389. The molecule has 0 radical (unpaired) electrons. The fourth-order valence-electron chi connectivity index (χ4n) is 2.57. The summed E-state index contributed by atoms with van der Waals surface area (Å²) >= 11 is 0. The van der Waals surface area contributed by atoms with Gasteiger partial charge in [-0.1, -0.05) is 32.0 Å². The summed E-state index contributed by atoms with van der Waals surface area (Å²) in [5.74, 6) is 0. The largest absolute Gasteiger partial charge is 0.370 e. The second-order valence-electron chi connectivity index (χ2n) is 5.81. The minimum Gasteiger partial charge on any atom is -0.370 e. The van der Waals surface area contributed by atoms with Crippen molar-refractivity contribution in [2.24, 2.45) is 0 Å². The van der Waals surface area contributed by atoms with E-state index in [1.807, 2.05) is 0 Å². The number of anilines is 1. The first-order valence-corrected chi connectivity index (χ1v) is 7.41. The predicted octanol–water partition coefficient (Wildman–Crippen LogP) is 2.33. The van der Waals surface area contributed by atoms with E-state index < -0.39 is 0 Å². The third kappa shape index (κ3) is 4.22. The van der Waals surface area contributed by atoms with Crippen LogP contribution in [0.15, 0.2) is 24.3 Å². The first kappa shape index (κ1) is 14.4. The molecule has 1 saturated heterocycles. The summed E-state index contributed by atoms with van der Waals surface area (Å²) in [5.41, 5.74) is 2.83. The van der Waals surface area contributed by atoms with E-state index in [1.165, 1.54) is 30.8 Å². The van der Waals surface area contributed by atoms with Crippen molar-refractivity contribution in [2.45, 2.75) is 32.9 Å². The number of likely N-dealkylation sites (N-methyl/N-ethyl adjacent to an activating group) is 1. The van der Waals surface area contributed by atoms with Gasteiger partial charge in [0.1, 0.15) is 0 Å². The van der Waals surface area contributed by atoms with Crippen LogP contribution in [0.2, 0.25) is 0 Å². The van der Waals surface area contributed by atoms with Gasteiger partial charge in [-0.15, -0.1) is 0 Å². The molecule has 0 aromatic heterocycles. The molecule has 0 bridgehead atoms. The Balaban J connectivity index is 2.09. The Morgan fingerprint density at radius 2 is 1.89 bits per heavy atom. The molecule has 0 unspecified atom stereocenters. The van der Waals surface area contributed by atoms with Crippen LogP contribution >= 0.6 is 0 Å². The van der Waals surface area contributed by atoms with Gasteiger partial charge in [0, 0.05) is 37.9 Å². The Morgan fingerprint density at radius 3 is 2.68 bits per heavy atom. The van der Waals surface area contributed by atoms with Crippen molar-refractivity contribution < 1.29 is 0 Å². The Morgan fingerprint density at radius 1 is 1.11 bits per heavy atom. The number of rotatable bonds is 4. The van der Waals surface area contributed by atoms with E-state index in [-0.39, 0.29) is 0 Å². The summed E-state index contributed by atoms with van der Waals surface area (Å²) in [6.45, 7) is 10.0. The van der Waals surface area contributed by atoms with E-state index in [0.29, 0.717) is 6.04 Å². The van der Waals surface area contributed by atoms with Gasteiger partial charge in [0.25, 0.3) is 0 Å².